The third kappa shape index (κ3) is 2.97. The average molecular weight is 230 g/mol. The van der Waals surface area contributed by atoms with Crippen molar-refractivity contribution in [3.8, 4) is 11.8 Å². The van der Waals surface area contributed by atoms with Crippen LogP contribution in [-0.4, -0.2) is 18.6 Å². The topological polar surface area (TPSA) is 62.1 Å². The van der Waals surface area contributed by atoms with Crippen LogP contribution in [0, 0.1) is 11.3 Å². The fraction of sp³-hybridized carbons (Fsp3) is 0.385. The van der Waals surface area contributed by atoms with Gasteiger partial charge in [0, 0.05) is 6.04 Å². The van der Waals surface area contributed by atoms with E-state index >= 15 is 0 Å². The minimum absolute atomic E-state index is 0.0325. The second-order valence-corrected chi connectivity index (χ2v) is 4.09. The van der Waals surface area contributed by atoms with E-state index in [-0.39, 0.29) is 12.5 Å². The fourth-order valence-electron chi connectivity index (χ4n) is 1.65. The van der Waals surface area contributed by atoms with E-state index in [4.69, 9.17) is 10.00 Å². The summed E-state index contributed by atoms with van der Waals surface area (Å²) < 4.78 is 5.32. The lowest BCUT2D eigenvalue weighted by molar-refractivity contribution is -0.124. The zero-order chi connectivity index (χ0) is 12.1. The normalized spacial score (nSPS) is 14.5. The van der Waals surface area contributed by atoms with Crippen molar-refractivity contribution in [2.45, 2.75) is 25.3 Å². The van der Waals surface area contributed by atoms with E-state index in [0.717, 1.165) is 12.8 Å². The Kier molecular flexibility index (Phi) is 3.61. The lowest BCUT2D eigenvalue weighted by Crippen LogP contribution is -2.41. The summed E-state index contributed by atoms with van der Waals surface area (Å²) in [4.78, 5) is 11.5. The van der Waals surface area contributed by atoms with Crippen molar-refractivity contribution in [1.29, 1.82) is 5.26 Å². The van der Waals surface area contributed by atoms with E-state index in [2.05, 4.69) is 5.32 Å². The minimum Gasteiger partial charge on any atom is -0.482 e. The zero-order valence-electron chi connectivity index (χ0n) is 9.48. The van der Waals surface area contributed by atoms with Gasteiger partial charge in [0.1, 0.15) is 11.8 Å². The Labute approximate surface area is 100 Å². The molecular weight excluding hydrogens is 216 g/mol. The van der Waals surface area contributed by atoms with Gasteiger partial charge >= 0.3 is 0 Å². The smallest absolute Gasteiger partial charge is 0.258 e. The van der Waals surface area contributed by atoms with Crippen LogP contribution in [0.4, 0.5) is 0 Å². The van der Waals surface area contributed by atoms with Crippen molar-refractivity contribution in [1.82, 2.24) is 5.32 Å². The van der Waals surface area contributed by atoms with E-state index in [9.17, 15) is 4.79 Å². The van der Waals surface area contributed by atoms with Crippen molar-refractivity contribution in [3.05, 3.63) is 29.8 Å². The van der Waals surface area contributed by atoms with Gasteiger partial charge in [0.2, 0.25) is 0 Å². The number of ether oxygens (including phenoxy) is 1. The first-order valence-electron chi connectivity index (χ1n) is 5.71. The molecule has 0 spiro atoms. The molecule has 1 N–H and O–H groups in total. The molecule has 4 nitrogen and oxygen atoms in total. The largest absolute Gasteiger partial charge is 0.482 e. The van der Waals surface area contributed by atoms with Crippen LogP contribution in [0.15, 0.2) is 24.3 Å². The molecule has 1 aliphatic carbocycles. The molecule has 1 aromatic carbocycles. The molecule has 4 heteroatoms. The molecular formula is C13H14N2O2. The number of nitriles is 1. The second kappa shape index (κ2) is 5.35. The highest BCUT2D eigenvalue weighted by Gasteiger charge is 2.19. The summed E-state index contributed by atoms with van der Waals surface area (Å²) in [6.07, 6.45) is 3.30. The molecule has 17 heavy (non-hydrogen) atoms. The van der Waals surface area contributed by atoms with Gasteiger partial charge in [-0.1, -0.05) is 12.1 Å². The van der Waals surface area contributed by atoms with Crippen LogP contribution in [0.1, 0.15) is 24.8 Å². The summed E-state index contributed by atoms with van der Waals surface area (Å²) in [6.45, 7) is -0.0325. The third-order valence-corrected chi connectivity index (χ3v) is 2.84. The Balaban J connectivity index is 1.84. The van der Waals surface area contributed by atoms with Crippen molar-refractivity contribution in [3.63, 3.8) is 0 Å². The maximum absolute atomic E-state index is 11.5. The summed E-state index contributed by atoms with van der Waals surface area (Å²) in [6, 6.07) is 9.24. The predicted octanol–water partition coefficient (Wildman–Crippen LogP) is 1.61. The SMILES string of the molecule is N#Cc1ccccc1OCC(=O)NC1CCC1. The first-order chi connectivity index (χ1) is 8.29. The highest BCUT2D eigenvalue weighted by molar-refractivity contribution is 5.78. The number of nitrogens with one attached hydrogen (secondary N) is 1. The van der Waals surface area contributed by atoms with Gasteiger partial charge in [0.05, 0.1) is 5.56 Å². The number of carbonyl (C=O) groups excluding carboxylic acids is 1. The number of rotatable bonds is 4. The van der Waals surface area contributed by atoms with Crippen molar-refractivity contribution in [2.75, 3.05) is 6.61 Å². The van der Waals surface area contributed by atoms with E-state index in [1.807, 2.05) is 6.07 Å². The van der Waals surface area contributed by atoms with Crippen LogP contribution < -0.4 is 10.1 Å². The van der Waals surface area contributed by atoms with Gasteiger partial charge in [-0.15, -0.1) is 0 Å². The van der Waals surface area contributed by atoms with Crippen molar-refractivity contribution < 1.29 is 9.53 Å². The van der Waals surface area contributed by atoms with Crippen LogP contribution in [0.3, 0.4) is 0 Å². The summed E-state index contributed by atoms with van der Waals surface area (Å²) in [5.74, 6) is 0.334. The Morgan fingerprint density at radius 3 is 2.88 bits per heavy atom. The lowest BCUT2D eigenvalue weighted by Gasteiger charge is -2.26. The molecule has 0 aliphatic heterocycles. The van der Waals surface area contributed by atoms with Crippen LogP contribution >= 0.6 is 0 Å². The molecule has 1 saturated carbocycles. The van der Waals surface area contributed by atoms with Crippen molar-refractivity contribution >= 4 is 5.91 Å². The molecule has 1 aromatic rings. The van der Waals surface area contributed by atoms with Crippen molar-refractivity contribution in [2.24, 2.45) is 0 Å². The molecule has 0 heterocycles. The summed E-state index contributed by atoms with van der Waals surface area (Å²) in [5.41, 5.74) is 0.448. The number of nitrogens with zero attached hydrogens (tertiary/aromatic N) is 1. The van der Waals surface area contributed by atoms with Gasteiger partial charge < -0.3 is 10.1 Å². The highest BCUT2D eigenvalue weighted by Crippen LogP contribution is 2.18. The summed E-state index contributed by atoms with van der Waals surface area (Å²) >= 11 is 0. The van der Waals surface area contributed by atoms with Crippen LogP contribution in [-0.2, 0) is 4.79 Å². The third-order valence-electron chi connectivity index (χ3n) is 2.84. The molecule has 0 saturated heterocycles. The van der Waals surface area contributed by atoms with Gasteiger partial charge in [0.25, 0.3) is 5.91 Å². The first-order valence-corrected chi connectivity index (χ1v) is 5.71. The highest BCUT2D eigenvalue weighted by atomic mass is 16.5. The van der Waals surface area contributed by atoms with Gasteiger partial charge in [-0.3, -0.25) is 4.79 Å². The summed E-state index contributed by atoms with van der Waals surface area (Å²) in [7, 11) is 0. The van der Waals surface area contributed by atoms with Crippen LogP contribution in [0.2, 0.25) is 0 Å². The molecule has 1 aliphatic rings. The minimum atomic E-state index is -0.123. The van der Waals surface area contributed by atoms with Crippen LogP contribution in [0.25, 0.3) is 0 Å². The molecule has 1 fully saturated rings. The number of hydrogen-bond donors (Lipinski definition) is 1. The maximum Gasteiger partial charge on any atom is 0.258 e. The number of amides is 1. The number of hydrogen-bond acceptors (Lipinski definition) is 3. The van der Waals surface area contributed by atoms with E-state index in [1.54, 1.807) is 24.3 Å². The second-order valence-electron chi connectivity index (χ2n) is 4.09. The fourth-order valence-corrected chi connectivity index (χ4v) is 1.65. The molecule has 88 valence electrons. The van der Waals surface area contributed by atoms with Gasteiger partial charge in [-0.2, -0.15) is 5.26 Å². The van der Waals surface area contributed by atoms with Crippen LogP contribution in [0.5, 0.6) is 5.75 Å². The Bertz CT molecular complexity index is 447. The zero-order valence-corrected chi connectivity index (χ0v) is 9.48. The number of carbonyl (C=O) groups is 1. The molecule has 0 bridgehead atoms. The maximum atomic E-state index is 11.5. The first kappa shape index (κ1) is 11.5. The average Bonchev–Trinajstić information content (AvgIpc) is 2.31. The molecule has 0 unspecified atom stereocenters. The van der Waals surface area contributed by atoms with Gasteiger partial charge in [-0.05, 0) is 31.4 Å². The molecule has 0 atom stereocenters. The molecule has 0 radical (unpaired) electrons. The Morgan fingerprint density at radius 1 is 1.47 bits per heavy atom. The molecule has 0 aromatic heterocycles. The number of para-hydroxylation sites is 1. The standard InChI is InChI=1S/C13H14N2O2/c14-8-10-4-1-2-7-12(10)17-9-13(16)15-11-5-3-6-11/h1-2,4,7,11H,3,5-6,9H2,(H,15,16). The molecule has 2 rings (SSSR count). The monoisotopic (exact) mass is 230 g/mol. The van der Waals surface area contributed by atoms with E-state index < -0.39 is 0 Å². The quantitative estimate of drug-likeness (QED) is 0.854. The Hall–Kier alpha value is -2.02. The Morgan fingerprint density at radius 2 is 2.24 bits per heavy atom. The van der Waals surface area contributed by atoms with Gasteiger partial charge in [0.15, 0.2) is 6.61 Å². The van der Waals surface area contributed by atoms with E-state index in [0.29, 0.717) is 17.4 Å². The molecule has 1 amide bonds. The predicted molar refractivity (Wildman–Crippen MR) is 62.4 cm³/mol. The lowest BCUT2D eigenvalue weighted by atomic mass is 9.93. The van der Waals surface area contributed by atoms with Gasteiger partial charge in [-0.25, -0.2) is 0 Å². The summed E-state index contributed by atoms with van der Waals surface area (Å²) in [5, 5.41) is 11.7. The van der Waals surface area contributed by atoms with E-state index in [1.165, 1.54) is 6.42 Å². The number of benzene rings is 1.